The summed E-state index contributed by atoms with van der Waals surface area (Å²) in [5.41, 5.74) is 1.21. The lowest BCUT2D eigenvalue weighted by atomic mass is 9.97. The minimum atomic E-state index is -0.826. The van der Waals surface area contributed by atoms with Gasteiger partial charge in [0.05, 0.1) is 25.3 Å². The molecule has 1 heterocycles. The van der Waals surface area contributed by atoms with Gasteiger partial charge in [-0.25, -0.2) is 4.79 Å². The zero-order valence-electron chi connectivity index (χ0n) is 12.0. The maximum absolute atomic E-state index is 12.0. The molecular weight excluding hydrogens is 288 g/mol. The van der Waals surface area contributed by atoms with Crippen LogP contribution in [0.25, 0.3) is 0 Å². The first-order valence-electron chi connectivity index (χ1n) is 6.54. The van der Waals surface area contributed by atoms with Crippen molar-refractivity contribution in [3.8, 4) is 23.0 Å². The van der Waals surface area contributed by atoms with Crippen LogP contribution in [0.5, 0.6) is 23.0 Å². The van der Waals surface area contributed by atoms with Crippen LogP contribution in [-0.4, -0.2) is 30.4 Å². The molecule has 0 spiro atoms. The largest absolute Gasteiger partial charge is 0.508 e. The number of methoxy groups -OCH3 is 2. The Hall–Kier alpha value is -2.89. The van der Waals surface area contributed by atoms with E-state index in [1.54, 1.807) is 12.1 Å². The van der Waals surface area contributed by atoms with E-state index in [-0.39, 0.29) is 11.5 Å². The summed E-state index contributed by atoms with van der Waals surface area (Å²) in [5.74, 6) is 0.0819. The van der Waals surface area contributed by atoms with Crippen LogP contribution < -0.4 is 9.47 Å². The van der Waals surface area contributed by atoms with Crippen LogP contribution in [0.15, 0.2) is 30.3 Å². The average Bonchev–Trinajstić information content (AvgIpc) is 2.83. The molecule has 0 amide bonds. The van der Waals surface area contributed by atoms with Crippen molar-refractivity contribution in [1.82, 2.24) is 0 Å². The molecule has 3 rings (SSSR count). The minimum Gasteiger partial charge on any atom is -0.508 e. The number of hydrogen-bond acceptors (Lipinski definition) is 6. The molecule has 6 nitrogen and oxygen atoms in total. The number of benzene rings is 2. The Labute approximate surface area is 126 Å². The molecule has 22 heavy (non-hydrogen) atoms. The molecule has 114 valence electrons. The molecule has 0 saturated heterocycles. The van der Waals surface area contributed by atoms with Gasteiger partial charge in [0.25, 0.3) is 0 Å². The Kier molecular flexibility index (Phi) is 3.29. The lowest BCUT2D eigenvalue weighted by Gasteiger charge is -2.17. The highest BCUT2D eigenvalue weighted by molar-refractivity contribution is 5.96. The van der Waals surface area contributed by atoms with E-state index in [0.717, 1.165) is 0 Å². The van der Waals surface area contributed by atoms with Crippen LogP contribution in [0.2, 0.25) is 0 Å². The molecule has 0 saturated carbocycles. The van der Waals surface area contributed by atoms with Crippen molar-refractivity contribution in [3.05, 3.63) is 47.0 Å². The van der Waals surface area contributed by atoms with Crippen molar-refractivity contribution >= 4 is 5.97 Å². The van der Waals surface area contributed by atoms with E-state index in [1.165, 1.54) is 32.4 Å². The van der Waals surface area contributed by atoms with Crippen molar-refractivity contribution in [3.63, 3.8) is 0 Å². The lowest BCUT2D eigenvalue weighted by molar-refractivity contribution is 0.0451. The molecule has 1 unspecified atom stereocenters. The third-order valence-electron chi connectivity index (χ3n) is 3.59. The fraction of sp³-hybridized carbons (Fsp3) is 0.188. The number of cyclic esters (lactones) is 1. The number of rotatable bonds is 3. The summed E-state index contributed by atoms with van der Waals surface area (Å²) in [6.07, 6.45) is -0.826. The first kappa shape index (κ1) is 14.1. The van der Waals surface area contributed by atoms with E-state index in [0.29, 0.717) is 28.2 Å². The van der Waals surface area contributed by atoms with Crippen LogP contribution in [0, 0.1) is 0 Å². The normalized spacial score (nSPS) is 16.1. The van der Waals surface area contributed by atoms with Gasteiger partial charge in [-0.15, -0.1) is 0 Å². The second-order valence-corrected chi connectivity index (χ2v) is 4.79. The van der Waals surface area contributed by atoms with Crippen LogP contribution in [0.1, 0.15) is 27.6 Å². The highest BCUT2D eigenvalue weighted by atomic mass is 16.6. The number of ether oxygens (including phenoxy) is 3. The third-order valence-corrected chi connectivity index (χ3v) is 3.59. The maximum Gasteiger partial charge on any atom is 0.339 e. The second-order valence-electron chi connectivity index (χ2n) is 4.79. The monoisotopic (exact) mass is 302 g/mol. The topological polar surface area (TPSA) is 85.2 Å². The number of aromatic hydroxyl groups is 2. The van der Waals surface area contributed by atoms with Gasteiger partial charge < -0.3 is 24.4 Å². The summed E-state index contributed by atoms with van der Waals surface area (Å²) >= 11 is 0. The van der Waals surface area contributed by atoms with Crippen molar-refractivity contribution in [1.29, 1.82) is 0 Å². The average molecular weight is 302 g/mol. The summed E-state index contributed by atoms with van der Waals surface area (Å²) in [6, 6.07) is 7.31. The van der Waals surface area contributed by atoms with E-state index in [4.69, 9.17) is 14.2 Å². The number of phenolic OH excluding ortho intramolecular Hbond substituents is 2. The molecule has 0 aliphatic carbocycles. The Morgan fingerprint density at radius 2 is 1.86 bits per heavy atom. The second kappa shape index (κ2) is 5.14. The quantitative estimate of drug-likeness (QED) is 0.847. The summed E-state index contributed by atoms with van der Waals surface area (Å²) in [5, 5.41) is 19.4. The zero-order chi connectivity index (χ0) is 15.9. The number of phenols is 2. The molecule has 0 fully saturated rings. The summed E-state index contributed by atoms with van der Waals surface area (Å²) < 4.78 is 16.0. The lowest BCUT2D eigenvalue weighted by Crippen LogP contribution is -2.03. The van der Waals surface area contributed by atoms with Crippen LogP contribution in [0.3, 0.4) is 0 Å². The molecule has 1 aliphatic rings. The van der Waals surface area contributed by atoms with Crippen LogP contribution >= 0.6 is 0 Å². The standard InChI is InChI=1S/C16H14O6/c1-20-12-6-5-10-13(15(12)21-2)14(22-16(10)19)9-4-3-8(17)7-11(9)18/h3-7,14,17-18H,1-2H3. The molecule has 1 aliphatic heterocycles. The van der Waals surface area contributed by atoms with Gasteiger partial charge in [0.15, 0.2) is 17.6 Å². The van der Waals surface area contributed by atoms with E-state index >= 15 is 0 Å². The van der Waals surface area contributed by atoms with Gasteiger partial charge in [0, 0.05) is 11.6 Å². The minimum absolute atomic E-state index is 0.0802. The molecule has 0 radical (unpaired) electrons. The number of esters is 1. The predicted octanol–water partition coefficient (Wildman–Crippen LogP) is 2.37. The molecule has 6 heteroatoms. The Morgan fingerprint density at radius 1 is 1.09 bits per heavy atom. The van der Waals surface area contributed by atoms with E-state index in [2.05, 4.69) is 0 Å². The van der Waals surface area contributed by atoms with E-state index < -0.39 is 12.1 Å². The van der Waals surface area contributed by atoms with Gasteiger partial charge in [-0.2, -0.15) is 0 Å². The van der Waals surface area contributed by atoms with Gasteiger partial charge in [0.1, 0.15) is 11.5 Å². The van der Waals surface area contributed by atoms with Crippen molar-refractivity contribution < 1.29 is 29.2 Å². The Morgan fingerprint density at radius 3 is 2.50 bits per heavy atom. The Bertz CT molecular complexity index is 753. The first-order chi connectivity index (χ1) is 10.6. The Balaban J connectivity index is 2.21. The van der Waals surface area contributed by atoms with Crippen molar-refractivity contribution in [2.75, 3.05) is 14.2 Å². The number of carbonyl (C=O) groups is 1. The highest BCUT2D eigenvalue weighted by Crippen LogP contribution is 2.47. The van der Waals surface area contributed by atoms with Crippen molar-refractivity contribution in [2.24, 2.45) is 0 Å². The van der Waals surface area contributed by atoms with E-state index in [1.807, 2.05) is 0 Å². The van der Waals surface area contributed by atoms with Gasteiger partial charge in [0.2, 0.25) is 0 Å². The van der Waals surface area contributed by atoms with Crippen molar-refractivity contribution in [2.45, 2.75) is 6.10 Å². The third kappa shape index (κ3) is 2.00. The highest BCUT2D eigenvalue weighted by Gasteiger charge is 2.38. The molecule has 2 N–H and O–H groups in total. The SMILES string of the molecule is COc1ccc2c(c1OC)C(c1ccc(O)cc1O)OC2=O. The number of fused-ring (bicyclic) bond motifs is 1. The summed E-state index contributed by atoms with van der Waals surface area (Å²) in [4.78, 5) is 12.0. The number of carbonyl (C=O) groups excluding carboxylic acids is 1. The number of hydrogen-bond donors (Lipinski definition) is 2. The van der Waals surface area contributed by atoms with Gasteiger partial charge in [-0.3, -0.25) is 0 Å². The molecule has 0 bridgehead atoms. The summed E-state index contributed by atoms with van der Waals surface area (Å²) in [6.45, 7) is 0. The fourth-order valence-corrected chi connectivity index (χ4v) is 2.59. The molecule has 0 aromatic heterocycles. The van der Waals surface area contributed by atoms with Gasteiger partial charge in [-0.1, -0.05) is 0 Å². The van der Waals surface area contributed by atoms with Crippen LogP contribution in [0.4, 0.5) is 0 Å². The molecule has 2 aromatic rings. The van der Waals surface area contributed by atoms with Gasteiger partial charge >= 0.3 is 5.97 Å². The molecular formula is C16H14O6. The predicted molar refractivity (Wildman–Crippen MR) is 76.6 cm³/mol. The molecule has 2 aromatic carbocycles. The van der Waals surface area contributed by atoms with Gasteiger partial charge in [-0.05, 0) is 24.3 Å². The maximum atomic E-state index is 12.0. The van der Waals surface area contributed by atoms with E-state index in [9.17, 15) is 15.0 Å². The first-order valence-corrected chi connectivity index (χ1v) is 6.54. The zero-order valence-corrected chi connectivity index (χ0v) is 12.0. The fourth-order valence-electron chi connectivity index (χ4n) is 2.59. The smallest absolute Gasteiger partial charge is 0.339 e. The summed E-state index contributed by atoms with van der Waals surface area (Å²) in [7, 11) is 2.96. The molecule has 1 atom stereocenters. The van der Waals surface area contributed by atoms with Crippen LogP contribution in [-0.2, 0) is 4.74 Å².